The number of benzene rings is 3. The smallest absolute Gasteiger partial charge is 0.261 e. The van der Waals surface area contributed by atoms with Gasteiger partial charge in [0.2, 0.25) is 0 Å². The van der Waals surface area contributed by atoms with Gasteiger partial charge < -0.3 is 15.2 Å². The molecular formula is C24H20N2O5. The van der Waals surface area contributed by atoms with Crippen LogP contribution in [-0.4, -0.2) is 47.0 Å². The highest BCUT2D eigenvalue weighted by molar-refractivity contribution is 6.21. The molecular weight excluding hydrogens is 396 g/mol. The molecule has 1 aliphatic rings. The number of amides is 3. The van der Waals surface area contributed by atoms with Crippen LogP contribution in [0, 0.1) is 0 Å². The van der Waals surface area contributed by atoms with Gasteiger partial charge in [0.15, 0.2) is 0 Å². The van der Waals surface area contributed by atoms with E-state index in [9.17, 15) is 19.5 Å². The number of fused-ring (bicyclic) bond motifs is 1. The van der Waals surface area contributed by atoms with Gasteiger partial charge >= 0.3 is 0 Å². The highest BCUT2D eigenvalue weighted by Gasteiger charge is 2.36. The fourth-order valence-corrected chi connectivity index (χ4v) is 3.35. The fraction of sp³-hybridized carbons (Fsp3) is 0.125. The van der Waals surface area contributed by atoms with Crippen LogP contribution in [0.15, 0.2) is 78.9 Å². The van der Waals surface area contributed by atoms with Gasteiger partial charge in [0.1, 0.15) is 18.5 Å². The number of anilines is 1. The van der Waals surface area contributed by atoms with Gasteiger partial charge in [0.25, 0.3) is 17.7 Å². The molecule has 0 aromatic heterocycles. The maximum absolute atomic E-state index is 12.6. The number of hydrogen-bond donors (Lipinski definition) is 2. The number of aliphatic hydroxyl groups is 1. The molecule has 7 nitrogen and oxygen atoms in total. The van der Waals surface area contributed by atoms with Crippen LogP contribution in [0.4, 0.5) is 5.69 Å². The Morgan fingerprint density at radius 1 is 0.871 bits per heavy atom. The maximum atomic E-state index is 12.6. The molecule has 3 aromatic rings. The van der Waals surface area contributed by atoms with Gasteiger partial charge in [-0.15, -0.1) is 0 Å². The minimum atomic E-state index is -1.12. The maximum Gasteiger partial charge on any atom is 0.261 e. The summed E-state index contributed by atoms with van der Waals surface area (Å²) in [5.74, 6) is -0.946. The van der Waals surface area contributed by atoms with Gasteiger partial charge in [-0.25, -0.2) is 0 Å². The summed E-state index contributed by atoms with van der Waals surface area (Å²) in [4.78, 5) is 38.5. The Labute approximate surface area is 178 Å². The second kappa shape index (κ2) is 8.81. The molecule has 1 unspecified atom stereocenters. The van der Waals surface area contributed by atoms with Gasteiger partial charge in [-0.3, -0.25) is 19.3 Å². The zero-order valence-corrected chi connectivity index (χ0v) is 16.5. The van der Waals surface area contributed by atoms with Crippen LogP contribution >= 0.6 is 0 Å². The molecule has 4 rings (SSSR count). The van der Waals surface area contributed by atoms with Crippen molar-refractivity contribution < 1.29 is 24.2 Å². The van der Waals surface area contributed by atoms with Crippen molar-refractivity contribution in [1.29, 1.82) is 0 Å². The number of imide groups is 1. The van der Waals surface area contributed by atoms with Gasteiger partial charge in [-0.05, 0) is 36.4 Å². The highest BCUT2D eigenvalue weighted by atomic mass is 16.5. The Bertz CT molecular complexity index is 1090. The zero-order valence-electron chi connectivity index (χ0n) is 16.5. The molecule has 1 aliphatic heterocycles. The average molecular weight is 416 g/mol. The van der Waals surface area contributed by atoms with Crippen LogP contribution in [0.1, 0.15) is 31.1 Å². The van der Waals surface area contributed by atoms with Crippen LogP contribution in [-0.2, 0) is 0 Å². The first-order chi connectivity index (χ1) is 15.0. The van der Waals surface area contributed by atoms with Crippen LogP contribution in [0.5, 0.6) is 5.75 Å². The summed E-state index contributed by atoms with van der Waals surface area (Å²) in [6.07, 6.45) is -1.12. The predicted molar refractivity (Wildman–Crippen MR) is 114 cm³/mol. The Balaban J connectivity index is 1.39. The van der Waals surface area contributed by atoms with Crippen molar-refractivity contribution in [3.05, 3.63) is 95.6 Å². The molecule has 0 radical (unpaired) electrons. The number of carbonyl (C=O) groups is 3. The molecule has 0 bridgehead atoms. The molecule has 3 amide bonds. The van der Waals surface area contributed by atoms with E-state index in [4.69, 9.17) is 4.74 Å². The lowest BCUT2D eigenvalue weighted by Gasteiger charge is -2.19. The van der Waals surface area contributed by atoms with Crippen LogP contribution in [0.3, 0.4) is 0 Å². The van der Waals surface area contributed by atoms with Gasteiger partial charge in [0, 0.05) is 5.69 Å². The van der Waals surface area contributed by atoms with Gasteiger partial charge in [0.05, 0.1) is 23.2 Å². The van der Waals surface area contributed by atoms with E-state index >= 15 is 0 Å². The normalized spacial score (nSPS) is 13.6. The fourth-order valence-electron chi connectivity index (χ4n) is 3.35. The number of hydrogen-bond acceptors (Lipinski definition) is 5. The standard InChI is InChI=1S/C24H20N2O5/c27-17(14-26-23(29)18-10-4-5-11-19(18)24(26)30)15-31-21-13-7-6-12-20(21)22(28)25-16-8-2-1-3-9-16/h1-13,17,27H,14-15H2,(H,25,28). The molecule has 31 heavy (non-hydrogen) atoms. The molecule has 0 aliphatic carbocycles. The molecule has 0 saturated carbocycles. The monoisotopic (exact) mass is 416 g/mol. The largest absolute Gasteiger partial charge is 0.490 e. The SMILES string of the molecule is O=C(Nc1ccccc1)c1ccccc1OCC(O)CN1C(=O)c2ccccc2C1=O. The van der Waals surface area contributed by atoms with E-state index in [2.05, 4.69) is 5.32 Å². The van der Waals surface area contributed by atoms with Crippen molar-refractivity contribution in [3.8, 4) is 5.75 Å². The van der Waals surface area contributed by atoms with Crippen LogP contribution < -0.4 is 10.1 Å². The molecule has 0 fully saturated rings. The van der Waals surface area contributed by atoms with Crippen LogP contribution in [0.2, 0.25) is 0 Å². The molecule has 0 saturated heterocycles. The zero-order chi connectivity index (χ0) is 21.8. The van der Waals surface area contributed by atoms with Crippen molar-refractivity contribution in [3.63, 3.8) is 0 Å². The van der Waals surface area contributed by atoms with Gasteiger partial charge in [-0.2, -0.15) is 0 Å². The first kappa shape index (κ1) is 20.3. The van der Waals surface area contributed by atoms with E-state index in [-0.39, 0.29) is 24.8 Å². The van der Waals surface area contributed by atoms with E-state index in [1.165, 1.54) is 0 Å². The number of nitrogens with zero attached hydrogens (tertiary/aromatic N) is 1. The van der Waals surface area contributed by atoms with Crippen molar-refractivity contribution in [2.75, 3.05) is 18.5 Å². The third-order valence-corrected chi connectivity index (χ3v) is 4.87. The molecule has 0 spiro atoms. The summed E-state index contributed by atoms with van der Waals surface area (Å²) in [7, 11) is 0. The van der Waals surface area contributed by atoms with E-state index < -0.39 is 17.9 Å². The summed E-state index contributed by atoms with van der Waals surface area (Å²) in [5, 5.41) is 13.2. The molecule has 1 atom stereocenters. The number of para-hydroxylation sites is 2. The lowest BCUT2D eigenvalue weighted by molar-refractivity contribution is 0.0456. The number of aliphatic hydroxyl groups excluding tert-OH is 1. The second-order valence-electron chi connectivity index (χ2n) is 7.05. The minimum Gasteiger partial charge on any atom is -0.490 e. The molecule has 156 valence electrons. The summed E-state index contributed by atoms with van der Waals surface area (Å²) < 4.78 is 5.66. The number of ether oxygens (including phenoxy) is 1. The number of β-amino-alcohol motifs (C(OH)–C–C–N with tert-alkyl or cyclic N) is 1. The molecule has 7 heteroatoms. The summed E-state index contributed by atoms with van der Waals surface area (Å²) in [5.41, 5.74) is 1.60. The van der Waals surface area contributed by atoms with E-state index in [1.807, 2.05) is 18.2 Å². The Morgan fingerprint density at radius 2 is 1.45 bits per heavy atom. The lowest BCUT2D eigenvalue weighted by atomic mass is 10.1. The van der Waals surface area contributed by atoms with E-state index in [0.29, 0.717) is 22.4 Å². The quantitative estimate of drug-likeness (QED) is 0.578. The molecule has 3 aromatic carbocycles. The summed E-state index contributed by atoms with van der Waals surface area (Å²) in [6, 6.07) is 22.2. The Morgan fingerprint density at radius 3 is 2.13 bits per heavy atom. The third kappa shape index (κ3) is 4.31. The van der Waals surface area contributed by atoms with Crippen molar-refractivity contribution in [1.82, 2.24) is 4.90 Å². The number of rotatable bonds is 7. The Hall–Kier alpha value is -3.97. The third-order valence-electron chi connectivity index (χ3n) is 4.87. The van der Waals surface area contributed by atoms with Crippen LogP contribution in [0.25, 0.3) is 0 Å². The number of carbonyl (C=O) groups excluding carboxylic acids is 3. The van der Waals surface area contributed by atoms with Gasteiger partial charge in [-0.1, -0.05) is 42.5 Å². The lowest BCUT2D eigenvalue weighted by Crippen LogP contribution is -2.39. The summed E-state index contributed by atoms with van der Waals surface area (Å²) in [6.45, 7) is -0.395. The Kier molecular flexibility index (Phi) is 5.77. The summed E-state index contributed by atoms with van der Waals surface area (Å²) >= 11 is 0. The van der Waals surface area contributed by atoms with Crippen molar-refractivity contribution >= 4 is 23.4 Å². The first-order valence-corrected chi connectivity index (χ1v) is 9.76. The topological polar surface area (TPSA) is 95.9 Å². The predicted octanol–water partition coefficient (Wildman–Crippen LogP) is 2.97. The highest BCUT2D eigenvalue weighted by Crippen LogP contribution is 2.23. The average Bonchev–Trinajstić information content (AvgIpc) is 3.03. The van der Waals surface area contributed by atoms with Crippen molar-refractivity contribution in [2.24, 2.45) is 0 Å². The van der Waals surface area contributed by atoms with Crippen molar-refractivity contribution in [2.45, 2.75) is 6.10 Å². The molecule has 1 heterocycles. The minimum absolute atomic E-state index is 0.191. The van der Waals surface area contributed by atoms with E-state index in [1.54, 1.807) is 60.7 Å². The first-order valence-electron chi connectivity index (χ1n) is 9.76. The second-order valence-corrected chi connectivity index (χ2v) is 7.05. The number of nitrogens with one attached hydrogen (secondary N) is 1. The molecule has 2 N–H and O–H groups in total. The van der Waals surface area contributed by atoms with E-state index in [0.717, 1.165) is 4.90 Å².